The molecule has 0 aromatic heterocycles. The predicted molar refractivity (Wildman–Crippen MR) is 270 cm³/mol. The van der Waals surface area contributed by atoms with Crippen LogP contribution >= 0.6 is 0 Å². The van der Waals surface area contributed by atoms with E-state index >= 15 is 0 Å². The number of ether oxygens (including phenoxy) is 3. The zero-order valence-corrected chi connectivity index (χ0v) is 42.1. The van der Waals surface area contributed by atoms with Gasteiger partial charge in [-0.2, -0.15) is 0 Å². The first-order valence-corrected chi connectivity index (χ1v) is 27.5. The van der Waals surface area contributed by atoms with Crippen LogP contribution in [0.25, 0.3) is 0 Å². The molecule has 0 aromatic carbocycles. The maximum atomic E-state index is 12.8. The average molecular weight is 885 g/mol. The van der Waals surface area contributed by atoms with Crippen molar-refractivity contribution in [2.24, 2.45) is 0 Å². The molecule has 6 nitrogen and oxygen atoms in total. The van der Waals surface area contributed by atoms with Crippen molar-refractivity contribution in [2.45, 2.75) is 297 Å². The van der Waals surface area contributed by atoms with E-state index in [1.54, 1.807) is 0 Å². The van der Waals surface area contributed by atoms with Crippen molar-refractivity contribution in [2.75, 3.05) is 13.2 Å². The molecular formula is C57H104O6. The van der Waals surface area contributed by atoms with Gasteiger partial charge >= 0.3 is 17.9 Å². The zero-order chi connectivity index (χ0) is 45.8. The third-order valence-electron chi connectivity index (χ3n) is 12.1. The summed E-state index contributed by atoms with van der Waals surface area (Å²) in [6, 6.07) is 0. The molecular weight excluding hydrogens is 781 g/mol. The Morgan fingerprint density at radius 1 is 0.317 bits per heavy atom. The second-order valence-electron chi connectivity index (χ2n) is 18.5. The third kappa shape index (κ3) is 50.5. The van der Waals surface area contributed by atoms with E-state index in [0.717, 1.165) is 57.8 Å². The summed E-state index contributed by atoms with van der Waals surface area (Å²) in [6.45, 7) is 6.60. The Bertz CT molecular complexity index is 1060. The number of carbonyl (C=O) groups is 3. The topological polar surface area (TPSA) is 78.9 Å². The fourth-order valence-electron chi connectivity index (χ4n) is 7.96. The van der Waals surface area contributed by atoms with Crippen molar-refractivity contribution in [3.63, 3.8) is 0 Å². The molecule has 0 aliphatic rings. The lowest BCUT2D eigenvalue weighted by molar-refractivity contribution is -0.166. The highest BCUT2D eigenvalue weighted by Gasteiger charge is 2.19. The first-order chi connectivity index (χ1) is 31.0. The quantitative estimate of drug-likeness (QED) is 0.0262. The Kier molecular flexibility index (Phi) is 50.3. The van der Waals surface area contributed by atoms with Gasteiger partial charge < -0.3 is 14.2 Å². The number of unbranched alkanes of at least 4 members (excludes halogenated alkanes) is 33. The molecule has 0 bridgehead atoms. The molecule has 1 atom stereocenters. The Hall–Kier alpha value is -2.37. The number of hydrogen-bond acceptors (Lipinski definition) is 6. The Labute approximate surface area is 391 Å². The van der Waals surface area contributed by atoms with Crippen LogP contribution in [-0.4, -0.2) is 37.2 Å². The van der Waals surface area contributed by atoms with E-state index in [1.807, 2.05) is 6.08 Å². The molecule has 368 valence electrons. The number of hydrogen-bond donors (Lipinski definition) is 0. The van der Waals surface area contributed by atoms with Crippen LogP contribution in [0.5, 0.6) is 0 Å². The van der Waals surface area contributed by atoms with Gasteiger partial charge in [0.25, 0.3) is 0 Å². The van der Waals surface area contributed by atoms with E-state index in [2.05, 4.69) is 51.2 Å². The molecule has 0 saturated carbocycles. The van der Waals surface area contributed by atoms with Gasteiger partial charge in [-0.05, 0) is 64.2 Å². The molecule has 0 aliphatic carbocycles. The van der Waals surface area contributed by atoms with Crippen LogP contribution in [0.3, 0.4) is 0 Å². The normalized spacial score (nSPS) is 12.2. The highest BCUT2D eigenvalue weighted by Crippen LogP contribution is 2.16. The van der Waals surface area contributed by atoms with E-state index in [1.165, 1.54) is 186 Å². The maximum absolute atomic E-state index is 12.8. The second-order valence-corrected chi connectivity index (χ2v) is 18.5. The summed E-state index contributed by atoms with van der Waals surface area (Å²) in [5, 5.41) is 0. The van der Waals surface area contributed by atoms with Crippen LogP contribution in [-0.2, 0) is 28.6 Å². The molecule has 0 spiro atoms. The van der Waals surface area contributed by atoms with Crippen molar-refractivity contribution < 1.29 is 28.6 Å². The predicted octanol–water partition coefficient (Wildman–Crippen LogP) is 18.1. The number of rotatable bonds is 50. The van der Waals surface area contributed by atoms with Crippen LogP contribution in [0.4, 0.5) is 0 Å². The largest absolute Gasteiger partial charge is 0.462 e. The van der Waals surface area contributed by atoms with Gasteiger partial charge in [-0.1, -0.05) is 243 Å². The second kappa shape index (κ2) is 52.3. The lowest BCUT2D eigenvalue weighted by Gasteiger charge is -2.18. The summed E-state index contributed by atoms with van der Waals surface area (Å²) in [6.07, 6.45) is 61.4. The minimum absolute atomic E-state index is 0.0903. The summed E-state index contributed by atoms with van der Waals surface area (Å²) in [4.78, 5) is 38.0. The zero-order valence-electron chi connectivity index (χ0n) is 42.1. The van der Waals surface area contributed by atoms with Gasteiger partial charge in [0.2, 0.25) is 0 Å². The van der Waals surface area contributed by atoms with Crippen LogP contribution in [0, 0.1) is 0 Å². The minimum atomic E-state index is -0.794. The van der Waals surface area contributed by atoms with Crippen molar-refractivity contribution in [3.8, 4) is 0 Å². The van der Waals surface area contributed by atoms with Crippen molar-refractivity contribution in [1.29, 1.82) is 0 Å². The molecule has 1 unspecified atom stereocenters. The van der Waals surface area contributed by atoms with E-state index < -0.39 is 6.10 Å². The molecule has 0 rings (SSSR count). The molecule has 0 heterocycles. The molecule has 63 heavy (non-hydrogen) atoms. The van der Waals surface area contributed by atoms with E-state index in [0.29, 0.717) is 19.3 Å². The Balaban J connectivity index is 4.40. The van der Waals surface area contributed by atoms with Crippen molar-refractivity contribution in [3.05, 3.63) is 36.5 Å². The fraction of sp³-hybridized carbons (Fsp3) is 0.842. The highest BCUT2D eigenvalue weighted by atomic mass is 16.6. The fourth-order valence-corrected chi connectivity index (χ4v) is 7.96. The van der Waals surface area contributed by atoms with Crippen LogP contribution in [0.1, 0.15) is 290 Å². The van der Waals surface area contributed by atoms with E-state index in [-0.39, 0.29) is 37.5 Å². The van der Waals surface area contributed by atoms with Gasteiger partial charge in [-0.3, -0.25) is 14.4 Å². The molecule has 0 amide bonds. The summed E-state index contributed by atoms with van der Waals surface area (Å²) < 4.78 is 16.8. The molecule has 0 fully saturated rings. The van der Waals surface area contributed by atoms with Crippen LogP contribution in [0.15, 0.2) is 36.5 Å². The molecule has 6 heteroatoms. The van der Waals surface area contributed by atoms with Gasteiger partial charge in [0, 0.05) is 19.3 Å². The summed E-state index contributed by atoms with van der Waals surface area (Å²) in [5.74, 6) is -0.954. The molecule has 0 radical (unpaired) electrons. The van der Waals surface area contributed by atoms with Gasteiger partial charge in [-0.25, -0.2) is 0 Å². The van der Waals surface area contributed by atoms with Gasteiger partial charge in [-0.15, -0.1) is 0 Å². The Morgan fingerprint density at radius 3 is 0.984 bits per heavy atom. The summed E-state index contributed by atoms with van der Waals surface area (Å²) in [5.41, 5.74) is 0. The van der Waals surface area contributed by atoms with Gasteiger partial charge in [0.05, 0.1) is 0 Å². The van der Waals surface area contributed by atoms with Gasteiger partial charge in [0.15, 0.2) is 6.10 Å². The molecule has 0 aromatic rings. The van der Waals surface area contributed by atoms with Crippen LogP contribution < -0.4 is 0 Å². The first-order valence-electron chi connectivity index (χ1n) is 27.5. The standard InChI is InChI=1S/C57H104O6/c1-4-7-10-13-16-19-22-25-27-29-32-35-38-41-44-47-50-56(59)62-53-54(52-61-55(58)49-46-43-40-37-34-31-24-21-18-15-12-9-6-3)63-57(60)51-48-45-42-39-36-33-30-28-26-23-20-17-14-11-8-5-2/h27,29,31,34,40,43,54H,4-26,28,30,32-33,35-39,41-42,44-53H2,1-3H3/b29-27-,34-31-,43-40-. The Morgan fingerprint density at radius 2 is 0.603 bits per heavy atom. The van der Waals surface area contributed by atoms with E-state index in [9.17, 15) is 14.4 Å². The SMILES string of the molecule is CCCCCCCC/C=C\C/C=C\CCC(=O)OCC(COC(=O)CCCCCCC/C=C\CCCCCCCCC)OC(=O)CCCCCCCCCCCCCCCCCC. The smallest absolute Gasteiger partial charge is 0.306 e. The van der Waals surface area contributed by atoms with E-state index in [4.69, 9.17) is 14.2 Å². The number of esters is 3. The molecule has 0 aliphatic heterocycles. The van der Waals surface area contributed by atoms with Gasteiger partial charge in [0.1, 0.15) is 13.2 Å². The number of carbonyl (C=O) groups excluding carboxylic acids is 3. The third-order valence-corrected chi connectivity index (χ3v) is 12.1. The lowest BCUT2D eigenvalue weighted by Crippen LogP contribution is -2.30. The van der Waals surface area contributed by atoms with Crippen molar-refractivity contribution >= 4 is 17.9 Å². The highest BCUT2D eigenvalue weighted by molar-refractivity contribution is 5.71. The summed E-state index contributed by atoms with van der Waals surface area (Å²) >= 11 is 0. The average Bonchev–Trinajstić information content (AvgIpc) is 3.28. The minimum Gasteiger partial charge on any atom is -0.462 e. The maximum Gasteiger partial charge on any atom is 0.306 e. The molecule has 0 N–H and O–H groups in total. The molecule has 0 saturated heterocycles. The number of allylic oxidation sites excluding steroid dienone is 6. The first kappa shape index (κ1) is 60.6. The monoisotopic (exact) mass is 885 g/mol. The van der Waals surface area contributed by atoms with Crippen LogP contribution in [0.2, 0.25) is 0 Å². The van der Waals surface area contributed by atoms with Crippen molar-refractivity contribution in [1.82, 2.24) is 0 Å². The lowest BCUT2D eigenvalue weighted by atomic mass is 10.0. The summed E-state index contributed by atoms with van der Waals surface area (Å²) in [7, 11) is 0.